The topological polar surface area (TPSA) is 55.6 Å². The third-order valence-corrected chi connectivity index (χ3v) is 5.88. The lowest BCUT2D eigenvalue weighted by atomic mass is 9.75. The van der Waals surface area contributed by atoms with Crippen LogP contribution in [0.25, 0.3) is 0 Å². The number of nitrogens with zero attached hydrogens (tertiary/aromatic N) is 4. The van der Waals surface area contributed by atoms with Crippen LogP contribution < -0.4 is 5.32 Å². The van der Waals surface area contributed by atoms with Crippen LogP contribution in [0.2, 0.25) is 0 Å². The summed E-state index contributed by atoms with van der Waals surface area (Å²) in [5.74, 6) is 0. The first-order chi connectivity index (χ1) is 10.1. The summed E-state index contributed by atoms with van der Waals surface area (Å²) in [5.41, 5.74) is 0.430. The maximum absolute atomic E-state index is 4.27. The van der Waals surface area contributed by atoms with Crippen LogP contribution in [0.3, 0.4) is 0 Å². The molecule has 2 unspecified atom stereocenters. The van der Waals surface area contributed by atoms with Gasteiger partial charge in [-0.25, -0.2) is 4.68 Å². The average molecular weight is 309 g/mol. The molecule has 1 aromatic rings. The van der Waals surface area contributed by atoms with E-state index in [0.29, 0.717) is 22.7 Å². The molecule has 2 aliphatic carbocycles. The minimum absolute atomic E-state index is 0.430. The van der Waals surface area contributed by atoms with E-state index in [1.165, 1.54) is 38.5 Å². The largest absolute Gasteiger partial charge is 0.313 e. The van der Waals surface area contributed by atoms with Gasteiger partial charge in [0.2, 0.25) is 5.16 Å². The van der Waals surface area contributed by atoms with Crippen molar-refractivity contribution in [2.75, 3.05) is 6.54 Å². The van der Waals surface area contributed by atoms with Crippen molar-refractivity contribution in [2.45, 2.75) is 81.8 Å². The maximum Gasteiger partial charge on any atom is 0.209 e. The molecule has 0 saturated heterocycles. The van der Waals surface area contributed by atoms with Crippen molar-refractivity contribution in [2.24, 2.45) is 5.41 Å². The van der Waals surface area contributed by atoms with E-state index >= 15 is 0 Å². The molecular formula is C15H27N5S. The van der Waals surface area contributed by atoms with Crippen LogP contribution in [-0.2, 0) is 0 Å². The second kappa shape index (κ2) is 6.24. The molecule has 0 aromatic carbocycles. The van der Waals surface area contributed by atoms with Crippen molar-refractivity contribution in [3.63, 3.8) is 0 Å². The number of thioether (sulfide) groups is 1. The smallest absolute Gasteiger partial charge is 0.209 e. The zero-order chi connectivity index (χ0) is 14.9. The van der Waals surface area contributed by atoms with Gasteiger partial charge >= 0.3 is 0 Å². The molecule has 0 aliphatic heterocycles. The van der Waals surface area contributed by atoms with Gasteiger partial charge in [-0.2, -0.15) is 0 Å². The lowest BCUT2D eigenvalue weighted by molar-refractivity contribution is 0.214. The summed E-state index contributed by atoms with van der Waals surface area (Å²) in [5, 5.41) is 17.7. The van der Waals surface area contributed by atoms with Crippen LogP contribution >= 0.6 is 11.8 Å². The predicted molar refractivity (Wildman–Crippen MR) is 85.4 cm³/mol. The number of aromatic nitrogens is 4. The van der Waals surface area contributed by atoms with E-state index in [9.17, 15) is 0 Å². The fourth-order valence-electron chi connectivity index (χ4n) is 3.15. The molecule has 5 nitrogen and oxygen atoms in total. The van der Waals surface area contributed by atoms with E-state index < -0.39 is 0 Å². The minimum atomic E-state index is 0.430. The van der Waals surface area contributed by atoms with E-state index in [1.807, 2.05) is 16.4 Å². The fraction of sp³-hybridized carbons (Fsp3) is 0.933. The molecule has 2 saturated carbocycles. The summed E-state index contributed by atoms with van der Waals surface area (Å²) < 4.78 is 2.04. The Balaban J connectivity index is 1.70. The summed E-state index contributed by atoms with van der Waals surface area (Å²) in [7, 11) is 0. The fourth-order valence-corrected chi connectivity index (χ4v) is 4.73. The molecule has 3 rings (SSSR count). The standard InChI is InChI=1S/C15H27N5S/c1-4-9-16-12-7-8-15(2,3)10-13(12)21-14-17-18-19-20(14)11-5-6-11/h11-13,16H,4-10H2,1-3H3. The van der Waals surface area contributed by atoms with Crippen molar-refractivity contribution in [1.29, 1.82) is 0 Å². The van der Waals surface area contributed by atoms with Crippen LogP contribution in [-0.4, -0.2) is 38.0 Å². The SMILES string of the molecule is CCCNC1CCC(C)(C)CC1Sc1nnnn1C1CC1. The van der Waals surface area contributed by atoms with Gasteiger partial charge in [0, 0.05) is 11.3 Å². The second-order valence-electron chi connectivity index (χ2n) is 7.26. The minimum Gasteiger partial charge on any atom is -0.313 e. The summed E-state index contributed by atoms with van der Waals surface area (Å²) >= 11 is 1.89. The zero-order valence-corrected chi connectivity index (χ0v) is 14.2. The third-order valence-electron chi connectivity index (χ3n) is 4.60. The predicted octanol–water partition coefficient (Wildman–Crippen LogP) is 3.05. The Morgan fingerprint density at radius 1 is 1.33 bits per heavy atom. The van der Waals surface area contributed by atoms with E-state index in [0.717, 1.165) is 11.7 Å². The average Bonchev–Trinajstić information content (AvgIpc) is 3.18. The number of hydrogen-bond acceptors (Lipinski definition) is 5. The first-order valence-corrected chi connectivity index (χ1v) is 9.15. The number of tetrazole rings is 1. The van der Waals surface area contributed by atoms with E-state index in [1.54, 1.807) is 0 Å². The Labute approximate surface area is 131 Å². The Morgan fingerprint density at radius 3 is 2.86 bits per heavy atom. The molecule has 2 aliphatic rings. The Kier molecular flexibility index (Phi) is 4.54. The van der Waals surface area contributed by atoms with Crippen LogP contribution in [0.1, 0.15) is 65.3 Å². The molecule has 0 bridgehead atoms. The van der Waals surface area contributed by atoms with E-state index in [4.69, 9.17) is 0 Å². The quantitative estimate of drug-likeness (QED) is 0.875. The van der Waals surface area contributed by atoms with Crippen molar-refractivity contribution in [1.82, 2.24) is 25.5 Å². The molecular weight excluding hydrogens is 282 g/mol. The summed E-state index contributed by atoms with van der Waals surface area (Å²) in [6, 6.07) is 1.15. The molecule has 1 aromatic heterocycles. The van der Waals surface area contributed by atoms with Crippen LogP contribution in [0.15, 0.2) is 5.16 Å². The van der Waals surface area contributed by atoms with Gasteiger partial charge in [0.15, 0.2) is 0 Å². The molecule has 2 atom stereocenters. The van der Waals surface area contributed by atoms with Crippen molar-refractivity contribution < 1.29 is 0 Å². The Hall–Kier alpha value is -0.620. The monoisotopic (exact) mass is 309 g/mol. The highest BCUT2D eigenvalue weighted by Crippen LogP contribution is 2.44. The van der Waals surface area contributed by atoms with Gasteiger partial charge in [-0.3, -0.25) is 0 Å². The number of nitrogens with one attached hydrogen (secondary N) is 1. The van der Waals surface area contributed by atoms with Gasteiger partial charge < -0.3 is 5.32 Å². The first kappa shape index (κ1) is 15.3. The Bertz CT molecular complexity index is 468. The van der Waals surface area contributed by atoms with Crippen molar-refractivity contribution in [3.05, 3.63) is 0 Å². The highest BCUT2D eigenvalue weighted by molar-refractivity contribution is 7.99. The van der Waals surface area contributed by atoms with Crippen molar-refractivity contribution >= 4 is 11.8 Å². The van der Waals surface area contributed by atoms with Crippen LogP contribution in [0, 0.1) is 5.41 Å². The summed E-state index contributed by atoms with van der Waals surface area (Å²) in [6.07, 6.45) is 7.45. The highest BCUT2D eigenvalue weighted by atomic mass is 32.2. The lowest BCUT2D eigenvalue weighted by Crippen LogP contribution is -2.45. The normalized spacial score (nSPS) is 28.7. The van der Waals surface area contributed by atoms with Crippen molar-refractivity contribution in [3.8, 4) is 0 Å². The Morgan fingerprint density at radius 2 is 2.14 bits per heavy atom. The molecule has 6 heteroatoms. The molecule has 0 radical (unpaired) electrons. The molecule has 1 N–H and O–H groups in total. The van der Waals surface area contributed by atoms with Crippen LogP contribution in [0.5, 0.6) is 0 Å². The highest BCUT2D eigenvalue weighted by Gasteiger charge is 2.37. The third kappa shape index (κ3) is 3.77. The molecule has 0 spiro atoms. The lowest BCUT2D eigenvalue weighted by Gasteiger charge is -2.40. The number of rotatable bonds is 6. The number of hydrogen-bond donors (Lipinski definition) is 1. The zero-order valence-electron chi connectivity index (χ0n) is 13.4. The van der Waals surface area contributed by atoms with Crippen LogP contribution in [0.4, 0.5) is 0 Å². The molecule has 2 fully saturated rings. The first-order valence-electron chi connectivity index (χ1n) is 8.27. The molecule has 1 heterocycles. The van der Waals surface area contributed by atoms with E-state index in [2.05, 4.69) is 41.6 Å². The van der Waals surface area contributed by atoms with Gasteiger partial charge in [0.1, 0.15) is 0 Å². The van der Waals surface area contributed by atoms with Gasteiger partial charge in [-0.15, -0.1) is 5.10 Å². The summed E-state index contributed by atoms with van der Waals surface area (Å²) in [6.45, 7) is 8.12. The van der Waals surface area contributed by atoms with Gasteiger partial charge in [0.25, 0.3) is 0 Å². The summed E-state index contributed by atoms with van der Waals surface area (Å²) in [4.78, 5) is 0. The second-order valence-corrected chi connectivity index (χ2v) is 8.47. The van der Waals surface area contributed by atoms with Gasteiger partial charge in [0.05, 0.1) is 6.04 Å². The maximum atomic E-state index is 4.27. The molecule has 118 valence electrons. The molecule has 0 amide bonds. The van der Waals surface area contributed by atoms with Gasteiger partial charge in [-0.05, 0) is 60.9 Å². The van der Waals surface area contributed by atoms with Gasteiger partial charge in [-0.1, -0.05) is 32.5 Å². The van der Waals surface area contributed by atoms with E-state index in [-0.39, 0.29) is 0 Å². The molecule has 21 heavy (non-hydrogen) atoms.